The van der Waals surface area contributed by atoms with Gasteiger partial charge < -0.3 is 13.3 Å². The zero-order valence-corrected chi connectivity index (χ0v) is 11.7. The lowest BCUT2D eigenvalue weighted by atomic mass is 10.2. The molecule has 4 heteroatoms. The average Bonchev–Trinajstić information content (AvgIpc) is 2.44. The maximum atomic E-state index is 4.96. The number of benzene rings is 1. The second kappa shape index (κ2) is 8.89. The number of hydrogen-bond acceptors (Lipinski definition) is 3. The Morgan fingerprint density at radius 2 is 1.41 bits per heavy atom. The van der Waals surface area contributed by atoms with E-state index in [2.05, 4.69) is 13.2 Å². The minimum absolute atomic E-state index is 1.17. The van der Waals surface area contributed by atoms with Gasteiger partial charge in [0.2, 0.25) is 0 Å². The summed E-state index contributed by atoms with van der Waals surface area (Å²) in [6.07, 6.45) is 1.83. The fraction of sp³-hybridized carbons (Fsp3) is 0.231. The summed E-state index contributed by atoms with van der Waals surface area (Å²) in [6, 6.07) is 10.0. The van der Waals surface area contributed by atoms with Crippen LogP contribution in [0.3, 0.4) is 0 Å². The first-order valence-electron chi connectivity index (χ1n) is 5.14. The van der Waals surface area contributed by atoms with Crippen LogP contribution in [0.5, 0.6) is 0 Å². The van der Waals surface area contributed by atoms with E-state index in [4.69, 9.17) is 13.3 Å². The first kappa shape index (κ1) is 15.8. The van der Waals surface area contributed by atoms with Crippen molar-refractivity contribution in [3.8, 4) is 0 Å². The van der Waals surface area contributed by atoms with Gasteiger partial charge in [-0.05, 0) is 11.3 Å². The summed E-state index contributed by atoms with van der Waals surface area (Å²) >= 11 is 0. The highest BCUT2D eigenvalue weighted by Gasteiger charge is 2.33. The van der Waals surface area contributed by atoms with Crippen LogP contribution in [0, 0.1) is 0 Å². The second-order valence-corrected chi connectivity index (χ2v) is 5.87. The molecule has 3 nitrogen and oxygen atoms in total. The summed E-state index contributed by atoms with van der Waals surface area (Å²) in [5.74, 6) is 0. The summed E-state index contributed by atoms with van der Waals surface area (Å²) in [7, 11) is 2.20. The minimum atomic E-state index is -2.43. The molecular weight excluding hydrogens is 232 g/mol. The van der Waals surface area contributed by atoms with Gasteiger partial charge in [0.1, 0.15) is 0 Å². The predicted molar refractivity (Wildman–Crippen MR) is 73.5 cm³/mol. The van der Waals surface area contributed by atoms with Crippen molar-refractivity contribution in [2.75, 3.05) is 21.3 Å². The zero-order chi connectivity index (χ0) is 13.1. The fourth-order valence-electron chi connectivity index (χ4n) is 1.09. The Kier molecular flexibility index (Phi) is 8.26. The van der Waals surface area contributed by atoms with Crippen LogP contribution in [-0.4, -0.2) is 30.1 Å². The van der Waals surface area contributed by atoms with E-state index in [-0.39, 0.29) is 0 Å². The molecule has 0 spiro atoms. The molecule has 0 amide bonds. The Morgan fingerprint density at radius 3 is 1.59 bits per heavy atom. The van der Waals surface area contributed by atoms with Crippen molar-refractivity contribution in [1.29, 1.82) is 0 Å². The molecule has 0 unspecified atom stereocenters. The summed E-state index contributed by atoms with van der Waals surface area (Å²) < 4.78 is 14.9. The lowest BCUT2D eigenvalue weighted by Gasteiger charge is -2.19. The van der Waals surface area contributed by atoms with Crippen LogP contribution in [0.4, 0.5) is 0 Å². The van der Waals surface area contributed by atoms with E-state index in [0.717, 1.165) is 0 Å². The molecule has 0 N–H and O–H groups in total. The van der Waals surface area contributed by atoms with Crippen LogP contribution >= 0.6 is 0 Å². The highest BCUT2D eigenvalue weighted by molar-refractivity contribution is 6.66. The third-order valence-corrected chi connectivity index (χ3v) is 4.35. The van der Waals surface area contributed by atoms with Crippen molar-refractivity contribution in [1.82, 2.24) is 0 Å². The van der Waals surface area contributed by atoms with Gasteiger partial charge in [-0.1, -0.05) is 49.6 Å². The molecule has 1 aromatic rings. The van der Waals surface area contributed by atoms with Gasteiger partial charge >= 0.3 is 8.80 Å². The smallest absolute Gasteiger partial charge is 0.374 e. The Bertz CT molecular complexity index is 312. The van der Waals surface area contributed by atoms with Crippen LogP contribution in [0.25, 0.3) is 6.08 Å². The Morgan fingerprint density at radius 1 is 0.941 bits per heavy atom. The summed E-state index contributed by atoms with van der Waals surface area (Å²) in [6.45, 7) is 7.16. The summed E-state index contributed by atoms with van der Waals surface area (Å²) in [5.41, 5.74) is 2.75. The molecule has 0 radical (unpaired) electrons. The van der Waals surface area contributed by atoms with Crippen LogP contribution in [-0.2, 0) is 13.3 Å². The highest BCUT2D eigenvalue weighted by atomic mass is 28.4. The van der Waals surface area contributed by atoms with E-state index in [1.54, 1.807) is 27.0 Å². The molecule has 0 aliphatic heterocycles. The van der Waals surface area contributed by atoms with E-state index in [9.17, 15) is 0 Å². The van der Waals surface area contributed by atoms with Gasteiger partial charge in [0.15, 0.2) is 0 Å². The SMILES string of the molecule is C=C[Si](OC)(OC)OC.C=Cc1ccccc1. The van der Waals surface area contributed by atoms with E-state index in [1.807, 2.05) is 36.4 Å². The van der Waals surface area contributed by atoms with E-state index in [1.165, 1.54) is 5.56 Å². The highest BCUT2D eigenvalue weighted by Crippen LogP contribution is 2.05. The van der Waals surface area contributed by atoms with Gasteiger partial charge in [-0.2, -0.15) is 0 Å². The molecule has 1 aromatic carbocycles. The van der Waals surface area contributed by atoms with Crippen LogP contribution < -0.4 is 0 Å². The van der Waals surface area contributed by atoms with E-state index in [0.29, 0.717) is 0 Å². The first-order valence-corrected chi connectivity index (χ1v) is 6.94. The normalized spacial score (nSPS) is 10.1. The molecular formula is C13H20O3Si. The van der Waals surface area contributed by atoms with Gasteiger partial charge in [-0.25, -0.2) is 0 Å². The molecule has 0 aromatic heterocycles. The maximum Gasteiger partial charge on any atom is 0.528 e. The molecule has 94 valence electrons. The van der Waals surface area contributed by atoms with Gasteiger partial charge in [-0.3, -0.25) is 0 Å². The molecule has 0 fully saturated rings. The molecule has 0 atom stereocenters. The Hall–Kier alpha value is -1.20. The lowest BCUT2D eigenvalue weighted by Crippen LogP contribution is -2.40. The minimum Gasteiger partial charge on any atom is -0.374 e. The molecule has 0 heterocycles. The number of hydrogen-bond donors (Lipinski definition) is 0. The standard InChI is InChI=1S/C8H8.C5H12O3Si/c1-2-8-6-4-3-5-7-8;1-5-9(6-2,7-3)8-4/h2-7H,1H2;5H,1H2,2-4H3. The largest absolute Gasteiger partial charge is 0.528 e. The van der Waals surface area contributed by atoms with E-state index >= 15 is 0 Å². The summed E-state index contributed by atoms with van der Waals surface area (Å²) in [4.78, 5) is 0. The topological polar surface area (TPSA) is 27.7 Å². The molecule has 0 aliphatic rings. The molecule has 0 aliphatic carbocycles. The Balaban J connectivity index is 0.000000302. The van der Waals surface area contributed by atoms with Crippen molar-refractivity contribution in [3.05, 3.63) is 54.8 Å². The quantitative estimate of drug-likeness (QED) is 0.754. The van der Waals surface area contributed by atoms with Crippen molar-refractivity contribution < 1.29 is 13.3 Å². The van der Waals surface area contributed by atoms with E-state index < -0.39 is 8.80 Å². The van der Waals surface area contributed by atoms with Crippen molar-refractivity contribution in [3.63, 3.8) is 0 Å². The molecule has 0 saturated heterocycles. The van der Waals surface area contributed by atoms with Gasteiger partial charge in [0.05, 0.1) is 0 Å². The third kappa shape index (κ3) is 5.60. The first-order chi connectivity index (χ1) is 8.17. The van der Waals surface area contributed by atoms with Gasteiger partial charge in [0, 0.05) is 21.3 Å². The van der Waals surface area contributed by atoms with Crippen LogP contribution in [0.1, 0.15) is 5.56 Å². The average molecular weight is 252 g/mol. The zero-order valence-electron chi connectivity index (χ0n) is 10.7. The lowest BCUT2D eigenvalue weighted by molar-refractivity contribution is 0.138. The fourth-order valence-corrected chi connectivity index (χ4v) is 2.09. The van der Waals surface area contributed by atoms with Crippen LogP contribution in [0.2, 0.25) is 0 Å². The second-order valence-electron chi connectivity index (χ2n) is 3.03. The summed E-state index contributed by atoms with van der Waals surface area (Å²) in [5, 5.41) is 0. The molecule has 1 rings (SSSR count). The van der Waals surface area contributed by atoms with Gasteiger partial charge in [-0.15, -0.1) is 0 Å². The monoisotopic (exact) mass is 252 g/mol. The van der Waals surface area contributed by atoms with Crippen molar-refractivity contribution >= 4 is 14.9 Å². The van der Waals surface area contributed by atoms with Crippen molar-refractivity contribution in [2.24, 2.45) is 0 Å². The third-order valence-electron chi connectivity index (χ3n) is 2.14. The molecule has 0 bridgehead atoms. The van der Waals surface area contributed by atoms with Gasteiger partial charge in [0.25, 0.3) is 0 Å². The predicted octanol–water partition coefficient (Wildman–Crippen LogP) is 2.92. The molecule has 0 saturated carbocycles. The number of rotatable bonds is 5. The van der Waals surface area contributed by atoms with Crippen molar-refractivity contribution in [2.45, 2.75) is 0 Å². The maximum absolute atomic E-state index is 4.96. The Labute approximate surface area is 105 Å². The molecule has 17 heavy (non-hydrogen) atoms. The van der Waals surface area contributed by atoms with Crippen LogP contribution in [0.15, 0.2) is 49.2 Å².